The number of fused-ring (bicyclic) bond motifs is 1. The summed E-state index contributed by atoms with van der Waals surface area (Å²) >= 11 is 0. The maximum Gasteiger partial charge on any atom is 0.337 e. The number of benzene rings is 1. The van der Waals surface area contributed by atoms with Gasteiger partial charge in [0.2, 0.25) is 0 Å². The zero-order chi connectivity index (χ0) is 16.2. The van der Waals surface area contributed by atoms with Crippen molar-refractivity contribution in [1.29, 1.82) is 0 Å². The van der Waals surface area contributed by atoms with Crippen molar-refractivity contribution in [2.45, 2.75) is 6.61 Å². The lowest BCUT2D eigenvalue weighted by atomic mass is 10.2. The van der Waals surface area contributed by atoms with E-state index in [9.17, 15) is 9.59 Å². The molecule has 0 aliphatic carbocycles. The molecule has 0 unspecified atom stereocenters. The fourth-order valence-corrected chi connectivity index (χ4v) is 2.14. The average molecular weight is 310 g/mol. The van der Waals surface area contributed by atoms with Crippen molar-refractivity contribution in [1.82, 2.24) is 9.38 Å². The Bertz CT molecular complexity index is 900. The summed E-state index contributed by atoms with van der Waals surface area (Å²) in [6.07, 6.45) is 1.67. The van der Waals surface area contributed by atoms with Crippen molar-refractivity contribution in [2.24, 2.45) is 0 Å². The van der Waals surface area contributed by atoms with Crippen molar-refractivity contribution < 1.29 is 14.3 Å². The Morgan fingerprint density at radius 3 is 2.70 bits per heavy atom. The Labute approximate surface area is 131 Å². The molecule has 6 nitrogen and oxygen atoms in total. The molecule has 6 heteroatoms. The maximum absolute atomic E-state index is 12.0. The zero-order valence-electron chi connectivity index (χ0n) is 12.4. The second-order valence-electron chi connectivity index (χ2n) is 4.82. The predicted molar refractivity (Wildman–Crippen MR) is 83.6 cm³/mol. The number of pyridine rings is 1. The van der Waals surface area contributed by atoms with E-state index in [1.165, 1.54) is 17.6 Å². The van der Waals surface area contributed by atoms with Gasteiger partial charge in [0.1, 0.15) is 18.0 Å². The largest absolute Gasteiger partial charge is 0.487 e. The topological polar surface area (TPSA) is 69.9 Å². The molecule has 2 heterocycles. The monoisotopic (exact) mass is 310 g/mol. The van der Waals surface area contributed by atoms with Crippen LogP contribution in [0.3, 0.4) is 0 Å². The fourth-order valence-electron chi connectivity index (χ4n) is 2.14. The van der Waals surface area contributed by atoms with Crippen LogP contribution in [0.1, 0.15) is 16.1 Å². The molecule has 0 aliphatic rings. The highest BCUT2D eigenvalue weighted by Crippen LogP contribution is 2.14. The number of carbonyl (C=O) groups is 1. The van der Waals surface area contributed by atoms with Crippen LogP contribution in [0.2, 0.25) is 0 Å². The molecule has 116 valence electrons. The number of aromatic nitrogens is 2. The van der Waals surface area contributed by atoms with E-state index >= 15 is 0 Å². The second-order valence-corrected chi connectivity index (χ2v) is 4.82. The fraction of sp³-hybridized carbons (Fsp3) is 0.118. The number of carbonyl (C=O) groups excluding carboxylic acids is 1. The third kappa shape index (κ3) is 3.21. The van der Waals surface area contributed by atoms with Gasteiger partial charge in [0.15, 0.2) is 0 Å². The standard InChI is InChI=1S/C17H14N2O4/c1-22-17(21)12-5-7-14(8-6-12)23-11-13-10-16(20)19-9-3-2-4-15(19)18-13/h2-10H,11H2,1H3. The zero-order valence-corrected chi connectivity index (χ0v) is 12.4. The van der Waals surface area contributed by atoms with Gasteiger partial charge in [-0.15, -0.1) is 0 Å². The molecule has 0 atom stereocenters. The first kappa shape index (κ1) is 14.8. The van der Waals surface area contributed by atoms with Gasteiger partial charge in [0, 0.05) is 12.3 Å². The molecule has 0 N–H and O–H groups in total. The molecule has 2 aromatic heterocycles. The van der Waals surface area contributed by atoms with Crippen LogP contribution >= 0.6 is 0 Å². The minimum absolute atomic E-state index is 0.157. The molecule has 0 saturated carbocycles. The van der Waals surface area contributed by atoms with Gasteiger partial charge in [-0.2, -0.15) is 0 Å². The van der Waals surface area contributed by atoms with E-state index in [0.717, 1.165) is 0 Å². The smallest absolute Gasteiger partial charge is 0.337 e. The third-order valence-electron chi connectivity index (χ3n) is 3.29. The van der Waals surface area contributed by atoms with Crippen LogP contribution in [0.25, 0.3) is 5.65 Å². The van der Waals surface area contributed by atoms with Gasteiger partial charge in [0.25, 0.3) is 5.56 Å². The van der Waals surface area contributed by atoms with Crippen LogP contribution in [0.5, 0.6) is 5.75 Å². The maximum atomic E-state index is 12.0. The minimum Gasteiger partial charge on any atom is -0.487 e. The Kier molecular flexibility index (Phi) is 4.05. The highest BCUT2D eigenvalue weighted by molar-refractivity contribution is 5.89. The van der Waals surface area contributed by atoms with Crippen molar-refractivity contribution in [3.05, 3.63) is 76.3 Å². The first-order valence-corrected chi connectivity index (χ1v) is 6.96. The average Bonchev–Trinajstić information content (AvgIpc) is 2.60. The Morgan fingerprint density at radius 1 is 1.17 bits per heavy atom. The first-order valence-electron chi connectivity index (χ1n) is 6.96. The summed E-state index contributed by atoms with van der Waals surface area (Å²) in [5.74, 6) is 0.175. The number of hydrogen-bond donors (Lipinski definition) is 0. The molecule has 0 radical (unpaired) electrons. The molecule has 0 aliphatic heterocycles. The number of ether oxygens (including phenoxy) is 2. The number of hydrogen-bond acceptors (Lipinski definition) is 5. The van der Waals surface area contributed by atoms with Gasteiger partial charge in [0.05, 0.1) is 18.4 Å². The van der Waals surface area contributed by atoms with Gasteiger partial charge in [-0.05, 0) is 36.4 Å². The lowest BCUT2D eigenvalue weighted by Gasteiger charge is -2.07. The van der Waals surface area contributed by atoms with Crippen molar-refractivity contribution in [2.75, 3.05) is 7.11 Å². The second kappa shape index (κ2) is 6.31. The van der Waals surface area contributed by atoms with Crippen LogP contribution in [-0.4, -0.2) is 22.5 Å². The lowest BCUT2D eigenvalue weighted by Crippen LogP contribution is -2.16. The van der Waals surface area contributed by atoms with Crippen LogP contribution in [-0.2, 0) is 11.3 Å². The van der Waals surface area contributed by atoms with E-state index in [2.05, 4.69) is 9.72 Å². The van der Waals surface area contributed by atoms with Crippen molar-refractivity contribution in [3.63, 3.8) is 0 Å². The molecular formula is C17H14N2O4. The summed E-state index contributed by atoms with van der Waals surface area (Å²) in [7, 11) is 1.33. The highest BCUT2D eigenvalue weighted by Gasteiger charge is 2.06. The number of methoxy groups -OCH3 is 1. The normalized spacial score (nSPS) is 10.5. The van der Waals surface area contributed by atoms with Gasteiger partial charge >= 0.3 is 5.97 Å². The van der Waals surface area contributed by atoms with Crippen LogP contribution in [0.4, 0.5) is 0 Å². The summed E-state index contributed by atoms with van der Waals surface area (Å²) in [5.41, 5.74) is 1.40. The summed E-state index contributed by atoms with van der Waals surface area (Å²) < 4.78 is 11.7. The molecule has 0 bridgehead atoms. The van der Waals surface area contributed by atoms with Gasteiger partial charge in [-0.25, -0.2) is 9.78 Å². The molecule has 0 saturated heterocycles. The van der Waals surface area contributed by atoms with Gasteiger partial charge in [-0.1, -0.05) is 6.07 Å². The van der Waals surface area contributed by atoms with E-state index in [-0.39, 0.29) is 12.2 Å². The molecule has 0 spiro atoms. The number of rotatable bonds is 4. The SMILES string of the molecule is COC(=O)c1ccc(OCc2cc(=O)n3ccccc3n2)cc1. The lowest BCUT2D eigenvalue weighted by molar-refractivity contribution is 0.0600. The number of nitrogens with zero attached hydrogens (tertiary/aromatic N) is 2. The summed E-state index contributed by atoms with van der Waals surface area (Å²) in [5, 5.41) is 0. The summed E-state index contributed by atoms with van der Waals surface area (Å²) in [6, 6.07) is 13.4. The van der Waals surface area contributed by atoms with Crippen LogP contribution in [0, 0.1) is 0 Å². The Hall–Kier alpha value is -3.15. The van der Waals surface area contributed by atoms with E-state index in [4.69, 9.17) is 4.74 Å². The van der Waals surface area contributed by atoms with Crippen molar-refractivity contribution in [3.8, 4) is 5.75 Å². The van der Waals surface area contributed by atoms with Crippen molar-refractivity contribution >= 4 is 11.6 Å². The van der Waals surface area contributed by atoms with E-state index < -0.39 is 5.97 Å². The van der Waals surface area contributed by atoms with E-state index in [0.29, 0.717) is 22.7 Å². The van der Waals surface area contributed by atoms with E-state index in [1.54, 1.807) is 42.6 Å². The van der Waals surface area contributed by atoms with Crippen LogP contribution < -0.4 is 10.3 Å². The van der Waals surface area contributed by atoms with Gasteiger partial charge < -0.3 is 9.47 Å². The minimum atomic E-state index is -0.402. The summed E-state index contributed by atoms with van der Waals surface area (Å²) in [4.78, 5) is 27.7. The third-order valence-corrected chi connectivity index (χ3v) is 3.29. The molecular weight excluding hydrogens is 296 g/mol. The van der Waals surface area contributed by atoms with E-state index in [1.807, 2.05) is 6.07 Å². The first-order chi connectivity index (χ1) is 11.2. The Balaban J connectivity index is 1.75. The molecule has 1 aromatic carbocycles. The molecule has 3 aromatic rings. The molecule has 0 amide bonds. The highest BCUT2D eigenvalue weighted by atomic mass is 16.5. The molecule has 23 heavy (non-hydrogen) atoms. The quantitative estimate of drug-likeness (QED) is 0.690. The predicted octanol–water partition coefficient (Wildman–Crippen LogP) is 2.06. The Morgan fingerprint density at radius 2 is 1.96 bits per heavy atom. The number of esters is 1. The molecule has 0 fully saturated rings. The van der Waals surface area contributed by atoms with Crippen LogP contribution in [0.15, 0.2) is 59.5 Å². The molecule has 3 rings (SSSR count). The van der Waals surface area contributed by atoms with Gasteiger partial charge in [-0.3, -0.25) is 9.20 Å². The summed E-state index contributed by atoms with van der Waals surface area (Å²) in [6.45, 7) is 0.165.